The molecule has 3 rings (SSSR count). The average Bonchev–Trinajstić information content (AvgIpc) is 2.97. The van der Waals surface area contributed by atoms with E-state index in [1.807, 2.05) is 0 Å². The second-order valence-corrected chi connectivity index (χ2v) is 6.30. The molecule has 3 amide bonds. The molecule has 0 aliphatic carbocycles. The molecule has 0 saturated carbocycles. The van der Waals surface area contributed by atoms with Gasteiger partial charge in [0, 0.05) is 17.8 Å². The Kier molecular flexibility index (Phi) is 5.54. The van der Waals surface area contributed by atoms with Gasteiger partial charge in [0.05, 0.1) is 13.0 Å². The molecule has 0 spiro atoms. The Balaban J connectivity index is 1.60. The smallest absolute Gasteiger partial charge is 0.366 e. The molecule has 2 heterocycles. The Bertz CT molecular complexity index is 948. The summed E-state index contributed by atoms with van der Waals surface area (Å²) in [6, 6.07) is 6.06. The highest BCUT2D eigenvalue weighted by atomic mass is 16.5. The zero-order valence-corrected chi connectivity index (χ0v) is 15.1. The molecule has 148 valence electrons. The van der Waals surface area contributed by atoms with Gasteiger partial charge in [-0.15, -0.1) is 0 Å². The van der Waals surface area contributed by atoms with Gasteiger partial charge in [0.15, 0.2) is 7.05 Å². The van der Waals surface area contributed by atoms with E-state index in [4.69, 9.17) is 10.5 Å². The number of carbonyl (C=O) groups is 3. The monoisotopic (exact) mass is 390 g/mol. The van der Waals surface area contributed by atoms with Crippen molar-refractivity contribution in [2.24, 2.45) is 12.8 Å². The lowest BCUT2D eigenvalue weighted by Crippen LogP contribution is -2.50. The number of hydrogen-bond acceptors (Lipinski definition) is 6. The summed E-state index contributed by atoms with van der Waals surface area (Å²) in [5.41, 5.74) is 5.68. The van der Waals surface area contributed by atoms with Crippen molar-refractivity contribution in [1.29, 1.82) is 0 Å². The molecule has 0 radical (unpaired) electrons. The third kappa shape index (κ3) is 4.26. The van der Waals surface area contributed by atoms with Crippen LogP contribution < -0.4 is 21.4 Å². The number of ether oxygens (including phenoxy) is 1. The molecule has 2 aromatic rings. The minimum Gasteiger partial charge on any atom is -0.366 e. The van der Waals surface area contributed by atoms with E-state index in [1.165, 1.54) is 21.7 Å². The van der Waals surface area contributed by atoms with Crippen molar-refractivity contribution in [1.82, 2.24) is 10.2 Å². The lowest BCUT2D eigenvalue weighted by molar-refractivity contribution is -0.746. The normalized spacial score (nSPS) is 16.8. The van der Waals surface area contributed by atoms with Gasteiger partial charge >= 0.3 is 11.3 Å². The van der Waals surface area contributed by atoms with Crippen LogP contribution in [-0.4, -0.2) is 47.1 Å². The van der Waals surface area contributed by atoms with Crippen LogP contribution in [0.25, 0.3) is 0 Å². The van der Waals surface area contributed by atoms with Crippen LogP contribution in [0.4, 0.5) is 5.69 Å². The van der Waals surface area contributed by atoms with Crippen LogP contribution in [0.2, 0.25) is 0 Å². The van der Waals surface area contributed by atoms with Crippen LogP contribution in [0.15, 0.2) is 33.6 Å². The van der Waals surface area contributed by atoms with Crippen molar-refractivity contribution in [2.45, 2.75) is 19.1 Å². The van der Waals surface area contributed by atoms with Gasteiger partial charge in [-0.1, -0.05) is 4.68 Å². The average molecular weight is 390 g/mol. The first-order valence-electron chi connectivity index (χ1n) is 8.51. The molecule has 1 saturated heterocycles. The second kappa shape index (κ2) is 8.05. The number of morpholine rings is 1. The van der Waals surface area contributed by atoms with Crippen LogP contribution in [-0.2, 0) is 27.9 Å². The molecular formula is C17H20N5O6+. The van der Waals surface area contributed by atoms with Gasteiger partial charge in [0.2, 0.25) is 11.8 Å². The molecule has 1 atom stereocenters. The molecule has 1 fully saturated rings. The molecule has 11 nitrogen and oxygen atoms in total. The number of anilines is 1. The van der Waals surface area contributed by atoms with E-state index in [0.29, 0.717) is 17.8 Å². The fourth-order valence-electron chi connectivity index (χ4n) is 2.80. The topological polar surface area (TPSA) is 152 Å². The number of nitrogens with one attached hydrogen (secondary N) is 2. The van der Waals surface area contributed by atoms with Crippen LogP contribution >= 0.6 is 0 Å². The molecule has 1 aliphatic rings. The first-order valence-corrected chi connectivity index (χ1v) is 8.51. The number of benzene rings is 1. The predicted molar refractivity (Wildman–Crippen MR) is 93.9 cm³/mol. The highest BCUT2D eigenvalue weighted by molar-refractivity contribution is 5.96. The number of nitrogens with two attached hydrogens (primary N) is 1. The fraction of sp³-hybridized carbons (Fsp3) is 0.353. The number of H-pyrrole nitrogens is 1. The zero-order valence-electron chi connectivity index (χ0n) is 15.1. The van der Waals surface area contributed by atoms with E-state index in [9.17, 15) is 19.2 Å². The van der Waals surface area contributed by atoms with Crippen LogP contribution in [0.1, 0.15) is 22.5 Å². The number of amides is 3. The number of carbonyl (C=O) groups excluding carboxylic acids is 3. The van der Waals surface area contributed by atoms with Crippen molar-refractivity contribution in [2.75, 3.05) is 18.5 Å². The Morgan fingerprint density at radius 2 is 2.04 bits per heavy atom. The molecule has 28 heavy (non-hydrogen) atoms. The van der Waals surface area contributed by atoms with Gasteiger partial charge in [-0.3, -0.25) is 18.9 Å². The fourth-order valence-corrected chi connectivity index (χ4v) is 2.80. The molecule has 1 aromatic heterocycles. The van der Waals surface area contributed by atoms with Crippen LogP contribution in [0, 0.1) is 0 Å². The zero-order chi connectivity index (χ0) is 20.3. The predicted octanol–water partition coefficient (Wildman–Crippen LogP) is -1.35. The van der Waals surface area contributed by atoms with Gasteiger partial charge in [0.25, 0.3) is 5.91 Å². The van der Waals surface area contributed by atoms with E-state index >= 15 is 0 Å². The minimum atomic E-state index is -0.949. The summed E-state index contributed by atoms with van der Waals surface area (Å²) in [7, 11) is 1.60. The molecule has 0 bridgehead atoms. The molecule has 1 aromatic carbocycles. The van der Waals surface area contributed by atoms with E-state index < -0.39 is 23.5 Å². The third-order valence-electron chi connectivity index (χ3n) is 4.35. The Hall–Kier alpha value is -3.47. The van der Waals surface area contributed by atoms with E-state index in [0.717, 1.165) is 0 Å². The summed E-state index contributed by atoms with van der Waals surface area (Å²) in [5, 5.41) is 5.03. The summed E-state index contributed by atoms with van der Waals surface area (Å²) < 4.78 is 11.5. The quantitative estimate of drug-likeness (QED) is 0.519. The largest absolute Gasteiger partial charge is 0.431 e. The lowest BCUT2D eigenvalue weighted by atomic mass is 10.1. The number of hydrogen-bond donors (Lipinski definition) is 3. The van der Waals surface area contributed by atoms with Gasteiger partial charge in [-0.05, 0) is 29.5 Å². The number of rotatable bonds is 6. The van der Waals surface area contributed by atoms with Crippen molar-refractivity contribution < 1.29 is 28.3 Å². The number of aryl methyl sites for hydroxylation is 1. The van der Waals surface area contributed by atoms with Crippen molar-refractivity contribution in [3.8, 4) is 0 Å². The summed E-state index contributed by atoms with van der Waals surface area (Å²) in [6.45, 7) is 0.601. The lowest BCUT2D eigenvalue weighted by Gasteiger charge is -2.30. The maximum absolute atomic E-state index is 12.6. The summed E-state index contributed by atoms with van der Waals surface area (Å²) >= 11 is 0. The van der Waals surface area contributed by atoms with Crippen LogP contribution in [0.3, 0.4) is 0 Å². The van der Waals surface area contributed by atoms with E-state index in [-0.39, 0.29) is 31.2 Å². The van der Waals surface area contributed by atoms with E-state index in [2.05, 4.69) is 15.1 Å². The molecular weight excluding hydrogens is 370 g/mol. The molecule has 11 heteroatoms. The first kappa shape index (κ1) is 19.3. The van der Waals surface area contributed by atoms with E-state index in [1.54, 1.807) is 19.2 Å². The number of nitrogens with zero attached hydrogens (tertiary/aromatic N) is 2. The summed E-state index contributed by atoms with van der Waals surface area (Å²) in [6.07, 6.45) is -1.13. The van der Waals surface area contributed by atoms with Gasteiger partial charge in [-0.2, -0.15) is 0 Å². The first-order chi connectivity index (χ1) is 13.3. The van der Waals surface area contributed by atoms with Gasteiger partial charge in [-0.25, -0.2) is 4.79 Å². The van der Waals surface area contributed by atoms with Crippen molar-refractivity contribution >= 4 is 23.4 Å². The van der Waals surface area contributed by atoms with Gasteiger partial charge in [0.1, 0.15) is 12.6 Å². The summed E-state index contributed by atoms with van der Waals surface area (Å²) in [4.78, 5) is 49.0. The highest BCUT2D eigenvalue weighted by Crippen LogP contribution is 2.15. The van der Waals surface area contributed by atoms with Crippen molar-refractivity contribution in [3.05, 3.63) is 45.9 Å². The van der Waals surface area contributed by atoms with Crippen LogP contribution in [0.5, 0.6) is 0 Å². The standard InChI is InChI=1S/C17H19N5O6/c1-21-12(17(26)28-20-21)9-22-6-7-27-13(16(22)25)8-14(23)19-11-4-2-10(3-5-11)15(18)24/h2-5,13H,6-9H2,1H3,(H3-,18,19,20,23,24,26)/p+1. The maximum atomic E-state index is 12.6. The maximum Gasteiger partial charge on any atom is 0.431 e. The van der Waals surface area contributed by atoms with Crippen molar-refractivity contribution in [3.63, 3.8) is 0 Å². The Labute approximate surface area is 159 Å². The highest BCUT2D eigenvalue weighted by Gasteiger charge is 2.34. The minimum absolute atomic E-state index is 0.0528. The number of primary amides is 1. The van der Waals surface area contributed by atoms with Gasteiger partial charge < -0.3 is 20.7 Å². The molecule has 1 unspecified atom stereocenters. The Morgan fingerprint density at radius 1 is 1.32 bits per heavy atom. The molecule has 4 N–H and O–H groups in total. The third-order valence-corrected chi connectivity index (χ3v) is 4.35. The second-order valence-electron chi connectivity index (χ2n) is 6.30. The number of aromatic nitrogens is 2. The SMILES string of the molecule is C[n+]1[nH]oc(=O)c1CN1CCOC(CC(=O)Nc2ccc(C(N)=O)cc2)C1=O. The number of aromatic amines is 1. The Morgan fingerprint density at radius 3 is 2.64 bits per heavy atom. The molecule has 1 aliphatic heterocycles. The summed E-state index contributed by atoms with van der Waals surface area (Å²) in [5.74, 6) is -1.37.